The van der Waals surface area contributed by atoms with Crippen LogP contribution in [0.3, 0.4) is 0 Å². The lowest BCUT2D eigenvalue weighted by Crippen LogP contribution is -2.38. The molecule has 18 heavy (non-hydrogen) atoms. The summed E-state index contributed by atoms with van der Waals surface area (Å²) < 4.78 is 2.91. The molecular weight excluding hydrogens is 294 g/mol. The van der Waals surface area contributed by atoms with Crippen molar-refractivity contribution in [3.8, 4) is 0 Å². The van der Waals surface area contributed by atoms with E-state index in [0.717, 1.165) is 22.3 Å². The molecule has 4 nitrogen and oxygen atoms in total. The average molecular weight is 318 g/mol. The largest absolute Gasteiger partial charge is 0.389 e. The highest BCUT2D eigenvalue weighted by Gasteiger charge is 2.21. The lowest BCUT2D eigenvalue weighted by molar-refractivity contribution is 0.0382. The summed E-state index contributed by atoms with van der Waals surface area (Å²) in [7, 11) is 1.93. The Bertz CT molecular complexity index is 399. The summed E-state index contributed by atoms with van der Waals surface area (Å²) in [6.45, 7) is 9.38. The molecule has 0 radical (unpaired) electrons. The highest BCUT2D eigenvalue weighted by Crippen LogP contribution is 2.20. The predicted octanol–water partition coefficient (Wildman–Crippen LogP) is 2.38. The Morgan fingerprint density at radius 2 is 2.11 bits per heavy atom. The van der Waals surface area contributed by atoms with Crippen molar-refractivity contribution < 1.29 is 5.11 Å². The molecule has 0 aliphatic heterocycles. The molecule has 1 unspecified atom stereocenters. The third-order valence-electron chi connectivity index (χ3n) is 2.91. The van der Waals surface area contributed by atoms with Gasteiger partial charge < -0.3 is 10.4 Å². The first-order chi connectivity index (χ1) is 8.23. The summed E-state index contributed by atoms with van der Waals surface area (Å²) in [4.78, 5) is 0. The third-order valence-corrected chi connectivity index (χ3v) is 3.94. The second-order valence-corrected chi connectivity index (χ2v) is 6.46. The second-order valence-electron chi connectivity index (χ2n) is 5.67. The molecule has 104 valence electrons. The number of hydrogen-bond donors (Lipinski definition) is 2. The molecule has 0 bridgehead atoms. The van der Waals surface area contributed by atoms with E-state index in [1.54, 1.807) is 0 Å². The molecule has 1 aromatic heterocycles. The molecule has 0 aliphatic rings. The molecule has 0 fully saturated rings. The van der Waals surface area contributed by atoms with Crippen LogP contribution in [0, 0.1) is 12.8 Å². The van der Waals surface area contributed by atoms with Gasteiger partial charge in [-0.3, -0.25) is 4.68 Å². The summed E-state index contributed by atoms with van der Waals surface area (Å²) in [5, 5.41) is 17.9. The molecule has 5 heteroatoms. The van der Waals surface area contributed by atoms with E-state index in [9.17, 15) is 5.11 Å². The first kappa shape index (κ1) is 15.7. The molecule has 2 N–H and O–H groups in total. The number of hydrogen-bond acceptors (Lipinski definition) is 3. The lowest BCUT2D eigenvalue weighted by atomic mass is 9.94. The number of halogens is 1. The van der Waals surface area contributed by atoms with Gasteiger partial charge in [0.2, 0.25) is 0 Å². The number of aromatic nitrogens is 2. The fraction of sp³-hybridized carbons (Fsp3) is 0.769. The smallest absolute Gasteiger partial charge is 0.0746 e. The molecule has 1 atom stereocenters. The van der Waals surface area contributed by atoms with Gasteiger partial charge in [0.1, 0.15) is 0 Å². The van der Waals surface area contributed by atoms with E-state index in [1.807, 2.05) is 25.6 Å². The van der Waals surface area contributed by atoms with E-state index >= 15 is 0 Å². The molecule has 1 aromatic rings. The van der Waals surface area contributed by atoms with Gasteiger partial charge in [-0.05, 0) is 42.1 Å². The Hall–Kier alpha value is -0.390. The Kier molecular flexibility index (Phi) is 5.37. The van der Waals surface area contributed by atoms with Crippen LogP contribution in [-0.2, 0) is 13.6 Å². The Morgan fingerprint density at radius 3 is 2.56 bits per heavy atom. The molecule has 0 aliphatic carbocycles. The SMILES string of the molecule is Cc1nn(C)c(CNCC(C)(O)CC(C)C)c1Br. The van der Waals surface area contributed by atoms with Gasteiger partial charge in [0.25, 0.3) is 0 Å². The van der Waals surface area contributed by atoms with Crippen molar-refractivity contribution in [2.24, 2.45) is 13.0 Å². The molecule has 0 saturated carbocycles. The predicted molar refractivity (Wildman–Crippen MR) is 77.4 cm³/mol. The highest BCUT2D eigenvalue weighted by atomic mass is 79.9. The van der Waals surface area contributed by atoms with Crippen LogP contribution in [0.5, 0.6) is 0 Å². The van der Waals surface area contributed by atoms with Gasteiger partial charge in [-0.15, -0.1) is 0 Å². The van der Waals surface area contributed by atoms with E-state index in [4.69, 9.17) is 0 Å². The lowest BCUT2D eigenvalue weighted by Gasteiger charge is -2.25. The number of rotatable bonds is 6. The fourth-order valence-electron chi connectivity index (χ4n) is 2.27. The maximum absolute atomic E-state index is 10.2. The Labute approximate surface area is 118 Å². The van der Waals surface area contributed by atoms with Gasteiger partial charge in [0.15, 0.2) is 0 Å². The maximum atomic E-state index is 10.2. The van der Waals surface area contributed by atoms with Gasteiger partial charge in [-0.25, -0.2) is 0 Å². The van der Waals surface area contributed by atoms with Crippen LogP contribution in [0.4, 0.5) is 0 Å². The summed E-state index contributed by atoms with van der Waals surface area (Å²) in [5.41, 5.74) is 1.44. The summed E-state index contributed by atoms with van der Waals surface area (Å²) >= 11 is 3.54. The van der Waals surface area contributed by atoms with Gasteiger partial charge >= 0.3 is 0 Å². The minimum Gasteiger partial charge on any atom is -0.389 e. The summed E-state index contributed by atoms with van der Waals surface area (Å²) in [6, 6.07) is 0. The van der Waals surface area contributed by atoms with Crippen LogP contribution in [-0.4, -0.2) is 27.0 Å². The average Bonchev–Trinajstić information content (AvgIpc) is 2.42. The van der Waals surface area contributed by atoms with Crippen molar-refractivity contribution in [1.29, 1.82) is 0 Å². The topological polar surface area (TPSA) is 50.1 Å². The molecular formula is C13H24BrN3O. The zero-order valence-corrected chi connectivity index (χ0v) is 13.5. The van der Waals surface area contributed by atoms with Gasteiger partial charge in [0, 0.05) is 20.1 Å². The van der Waals surface area contributed by atoms with Crippen LogP contribution < -0.4 is 5.32 Å². The quantitative estimate of drug-likeness (QED) is 0.847. The molecule has 0 aromatic carbocycles. The summed E-state index contributed by atoms with van der Waals surface area (Å²) in [6.07, 6.45) is 0.797. The Balaban J connectivity index is 2.51. The molecule has 1 rings (SSSR count). The van der Waals surface area contributed by atoms with E-state index in [0.29, 0.717) is 19.0 Å². The first-order valence-corrected chi connectivity index (χ1v) is 7.13. The van der Waals surface area contributed by atoms with E-state index in [1.165, 1.54) is 0 Å². The van der Waals surface area contributed by atoms with Crippen LogP contribution >= 0.6 is 15.9 Å². The zero-order chi connectivity index (χ0) is 13.9. The number of nitrogens with one attached hydrogen (secondary N) is 1. The second kappa shape index (κ2) is 6.17. The van der Waals surface area contributed by atoms with Crippen molar-refractivity contribution in [2.75, 3.05) is 6.54 Å². The van der Waals surface area contributed by atoms with E-state index < -0.39 is 5.60 Å². The first-order valence-electron chi connectivity index (χ1n) is 6.34. The third kappa shape index (κ3) is 4.37. The minimum atomic E-state index is -0.658. The monoisotopic (exact) mass is 317 g/mol. The van der Waals surface area contributed by atoms with E-state index in [2.05, 4.69) is 40.2 Å². The molecule has 0 spiro atoms. The van der Waals surface area contributed by atoms with Crippen molar-refractivity contribution in [2.45, 2.75) is 46.3 Å². The molecule has 0 amide bonds. The van der Waals surface area contributed by atoms with E-state index in [-0.39, 0.29) is 0 Å². The zero-order valence-electron chi connectivity index (χ0n) is 11.9. The van der Waals surface area contributed by atoms with Crippen molar-refractivity contribution in [1.82, 2.24) is 15.1 Å². The minimum absolute atomic E-state index is 0.493. The van der Waals surface area contributed by atoms with Crippen molar-refractivity contribution in [3.05, 3.63) is 15.9 Å². The van der Waals surface area contributed by atoms with Crippen LogP contribution in [0.1, 0.15) is 38.6 Å². The number of aliphatic hydroxyl groups is 1. The van der Waals surface area contributed by atoms with Gasteiger partial charge in [-0.1, -0.05) is 13.8 Å². The standard InChI is InChI=1S/C13H24BrN3O/c1-9(2)6-13(4,18)8-15-7-11-12(14)10(3)16-17(11)5/h9,15,18H,6-8H2,1-5H3. The van der Waals surface area contributed by atoms with Crippen LogP contribution in [0.15, 0.2) is 4.47 Å². The highest BCUT2D eigenvalue weighted by molar-refractivity contribution is 9.10. The van der Waals surface area contributed by atoms with Crippen LogP contribution in [0.2, 0.25) is 0 Å². The van der Waals surface area contributed by atoms with Crippen molar-refractivity contribution >= 4 is 15.9 Å². The molecule has 0 saturated heterocycles. The number of nitrogens with zero attached hydrogens (tertiary/aromatic N) is 2. The number of aryl methyl sites for hydroxylation is 2. The van der Waals surface area contributed by atoms with Crippen molar-refractivity contribution in [3.63, 3.8) is 0 Å². The van der Waals surface area contributed by atoms with Crippen LogP contribution in [0.25, 0.3) is 0 Å². The van der Waals surface area contributed by atoms with Gasteiger partial charge in [0.05, 0.1) is 21.5 Å². The Morgan fingerprint density at radius 1 is 1.50 bits per heavy atom. The summed E-state index contributed by atoms with van der Waals surface area (Å²) in [5.74, 6) is 0.493. The fourth-order valence-corrected chi connectivity index (χ4v) is 2.75. The maximum Gasteiger partial charge on any atom is 0.0746 e. The van der Waals surface area contributed by atoms with Gasteiger partial charge in [-0.2, -0.15) is 5.10 Å². The molecule has 1 heterocycles. The normalized spacial score (nSPS) is 15.1.